The van der Waals surface area contributed by atoms with Gasteiger partial charge in [0, 0.05) is 18.2 Å². The molecule has 1 atom stereocenters. The second-order valence-corrected chi connectivity index (χ2v) is 6.96. The molecular formula is C18H29NOS. The van der Waals surface area contributed by atoms with Crippen LogP contribution in [0.3, 0.4) is 0 Å². The van der Waals surface area contributed by atoms with E-state index < -0.39 is 0 Å². The summed E-state index contributed by atoms with van der Waals surface area (Å²) in [5, 5.41) is 3.71. The van der Waals surface area contributed by atoms with Crippen LogP contribution in [0.4, 0.5) is 0 Å². The van der Waals surface area contributed by atoms with Crippen molar-refractivity contribution in [3.63, 3.8) is 0 Å². The normalized spacial score (nSPS) is 14.8. The van der Waals surface area contributed by atoms with Crippen LogP contribution < -0.4 is 10.1 Å². The van der Waals surface area contributed by atoms with Gasteiger partial charge in [0.15, 0.2) is 0 Å². The Kier molecular flexibility index (Phi) is 7.45. The van der Waals surface area contributed by atoms with E-state index in [4.69, 9.17) is 4.74 Å². The standard InChI is InChI=1S/C18H29NOS/c1-3-10-19-17(14-21-12-4-2)7-5-15-6-8-18-16(13-15)9-11-20-18/h6,8,13,17,19H,3-5,7,9-12,14H2,1-2H3. The third kappa shape index (κ3) is 5.55. The Hall–Kier alpha value is -0.670. The number of fused-ring (bicyclic) bond motifs is 1. The van der Waals surface area contributed by atoms with E-state index in [9.17, 15) is 0 Å². The quantitative estimate of drug-likeness (QED) is 0.659. The zero-order valence-corrected chi connectivity index (χ0v) is 14.3. The van der Waals surface area contributed by atoms with Crippen LogP contribution in [0.15, 0.2) is 18.2 Å². The first-order valence-electron chi connectivity index (χ1n) is 8.39. The van der Waals surface area contributed by atoms with Crippen LogP contribution in [0.5, 0.6) is 5.75 Å². The van der Waals surface area contributed by atoms with Crippen molar-refractivity contribution in [3.05, 3.63) is 29.3 Å². The van der Waals surface area contributed by atoms with Crippen LogP contribution in [0.25, 0.3) is 0 Å². The van der Waals surface area contributed by atoms with Crippen molar-refractivity contribution in [2.24, 2.45) is 0 Å². The molecule has 118 valence electrons. The fourth-order valence-electron chi connectivity index (χ4n) is 2.70. The van der Waals surface area contributed by atoms with Crippen molar-refractivity contribution in [3.8, 4) is 5.75 Å². The molecule has 0 bridgehead atoms. The van der Waals surface area contributed by atoms with Gasteiger partial charge in [-0.2, -0.15) is 11.8 Å². The van der Waals surface area contributed by atoms with E-state index in [1.165, 1.54) is 48.3 Å². The minimum atomic E-state index is 0.644. The summed E-state index contributed by atoms with van der Waals surface area (Å²) in [6.45, 7) is 6.49. The van der Waals surface area contributed by atoms with Gasteiger partial charge in [0.05, 0.1) is 6.61 Å². The Labute approximate surface area is 134 Å². The minimum absolute atomic E-state index is 0.644. The number of thioether (sulfide) groups is 1. The van der Waals surface area contributed by atoms with Crippen LogP contribution in [0, 0.1) is 0 Å². The average molecular weight is 308 g/mol. The first kappa shape index (κ1) is 16.7. The van der Waals surface area contributed by atoms with E-state index in [-0.39, 0.29) is 0 Å². The molecule has 21 heavy (non-hydrogen) atoms. The molecule has 1 unspecified atom stereocenters. The monoisotopic (exact) mass is 307 g/mol. The molecule has 1 aliphatic heterocycles. The molecule has 0 spiro atoms. The van der Waals surface area contributed by atoms with Crippen molar-refractivity contribution in [2.75, 3.05) is 24.7 Å². The fraction of sp³-hybridized carbons (Fsp3) is 0.667. The highest BCUT2D eigenvalue weighted by atomic mass is 32.2. The summed E-state index contributed by atoms with van der Waals surface area (Å²) in [7, 11) is 0. The van der Waals surface area contributed by atoms with Gasteiger partial charge >= 0.3 is 0 Å². The predicted molar refractivity (Wildman–Crippen MR) is 93.7 cm³/mol. The highest BCUT2D eigenvalue weighted by Crippen LogP contribution is 2.26. The van der Waals surface area contributed by atoms with Crippen LogP contribution >= 0.6 is 11.8 Å². The minimum Gasteiger partial charge on any atom is -0.493 e. The molecule has 0 fully saturated rings. The van der Waals surface area contributed by atoms with E-state index >= 15 is 0 Å². The van der Waals surface area contributed by atoms with Crippen molar-refractivity contribution in [1.82, 2.24) is 5.32 Å². The van der Waals surface area contributed by atoms with Gasteiger partial charge in [-0.1, -0.05) is 26.0 Å². The molecule has 2 nitrogen and oxygen atoms in total. The smallest absolute Gasteiger partial charge is 0.122 e. The van der Waals surface area contributed by atoms with Gasteiger partial charge in [-0.15, -0.1) is 0 Å². The lowest BCUT2D eigenvalue weighted by molar-refractivity contribution is 0.357. The van der Waals surface area contributed by atoms with E-state index in [0.717, 1.165) is 25.3 Å². The Morgan fingerprint density at radius 1 is 1.29 bits per heavy atom. The van der Waals surface area contributed by atoms with Gasteiger partial charge in [-0.05, 0) is 55.2 Å². The molecular weight excluding hydrogens is 278 g/mol. The summed E-state index contributed by atoms with van der Waals surface area (Å²) in [6.07, 6.45) is 5.96. The molecule has 1 heterocycles. The van der Waals surface area contributed by atoms with E-state index in [1.54, 1.807) is 0 Å². The number of hydrogen-bond donors (Lipinski definition) is 1. The van der Waals surface area contributed by atoms with Crippen molar-refractivity contribution in [1.29, 1.82) is 0 Å². The number of rotatable bonds is 10. The number of nitrogens with one attached hydrogen (secondary N) is 1. The third-order valence-corrected chi connectivity index (χ3v) is 5.22. The van der Waals surface area contributed by atoms with Gasteiger partial charge in [0.25, 0.3) is 0 Å². The number of benzene rings is 1. The first-order chi connectivity index (χ1) is 10.3. The Balaban J connectivity index is 1.81. The Bertz CT molecular complexity index is 422. The van der Waals surface area contributed by atoms with Crippen molar-refractivity contribution < 1.29 is 4.74 Å². The topological polar surface area (TPSA) is 21.3 Å². The van der Waals surface area contributed by atoms with Gasteiger partial charge in [-0.3, -0.25) is 0 Å². The zero-order chi connectivity index (χ0) is 14.9. The molecule has 0 aromatic heterocycles. The Morgan fingerprint density at radius 3 is 3.00 bits per heavy atom. The second-order valence-electron chi connectivity index (χ2n) is 5.81. The van der Waals surface area contributed by atoms with Crippen molar-refractivity contribution in [2.45, 2.75) is 52.0 Å². The summed E-state index contributed by atoms with van der Waals surface area (Å²) >= 11 is 2.08. The SMILES string of the molecule is CCCNC(CCc1ccc2c(c1)CCO2)CSCCC. The maximum atomic E-state index is 5.58. The van der Waals surface area contributed by atoms with Crippen LogP contribution in [0.1, 0.15) is 44.2 Å². The predicted octanol–water partition coefficient (Wildman–Crippen LogP) is 4.07. The van der Waals surface area contributed by atoms with E-state index in [0.29, 0.717) is 6.04 Å². The van der Waals surface area contributed by atoms with Crippen LogP contribution in [0.2, 0.25) is 0 Å². The molecule has 0 radical (unpaired) electrons. The summed E-state index contributed by atoms with van der Waals surface area (Å²) in [4.78, 5) is 0. The second kappa shape index (κ2) is 9.37. The first-order valence-corrected chi connectivity index (χ1v) is 9.54. The summed E-state index contributed by atoms with van der Waals surface area (Å²) < 4.78 is 5.58. The van der Waals surface area contributed by atoms with Crippen LogP contribution in [-0.4, -0.2) is 30.7 Å². The van der Waals surface area contributed by atoms with Gasteiger partial charge in [0.1, 0.15) is 5.75 Å². The highest BCUT2D eigenvalue weighted by molar-refractivity contribution is 7.99. The molecule has 0 saturated carbocycles. The average Bonchev–Trinajstić information content (AvgIpc) is 2.97. The third-order valence-electron chi connectivity index (χ3n) is 3.89. The van der Waals surface area contributed by atoms with Crippen molar-refractivity contribution >= 4 is 11.8 Å². The lowest BCUT2D eigenvalue weighted by atomic mass is 10.0. The number of ether oxygens (including phenoxy) is 1. The maximum absolute atomic E-state index is 5.58. The summed E-state index contributed by atoms with van der Waals surface area (Å²) in [6, 6.07) is 7.38. The van der Waals surface area contributed by atoms with Crippen LogP contribution in [-0.2, 0) is 12.8 Å². The number of hydrogen-bond acceptors (Lipinski definition) is 3. The molecule has 1 aromatic rings. The summed E-state index contributed by atoms with van der Waals surface area (Å²) in [5.41, 5.74) is 2.86. The van der Waals surface area contributed by atoms with Gasteiger partial charge in [-0.25, -0.2) is 0 Å². The summed E-state index contributed by atoms with van der Waals surface area (Å²) in [5.74, 6) is 3.61. The van der Waals surface area contributed by atoms with Gasteiger partial charge in [0.2, 0.25) is 0 Å². The number of aryl methyl sites for hydroxylation is 1. The molecule has 0 aliphatic carbocycles. The molecule has 2 rings (SSSR count). The molecule has 1 aromatic carbocycles. The van der Waals surface area contributed by atoms with Gasteiger partial charge < -0.3 is 10.1 Å². The molecule has 1 aliphatic rings. The molecule has 0 saturated heterocycles. The molecule has 1 N–H and O–H groups in total. The Morgan fingerprint density at radius 2 is 2.19 bits per heavy atom. The fourth-order valence-corrected chi connectivity index (χ4v) is 3.72. The maximum Gasteiger partial charge on any atom is 0.122 e. The molecule has 0 amide bonds. The largest absolute Gasteiger partial charge is 0.493 e. The van der Waals surface area contributed by atoms with E-state index in [2.05, 4.69) is 49.1 Å². The highest BCUT2D eigenvalue weighted by Gasteiger charge is 2.13. The molecule has 3 heteroatoms. The lowest BCUT2D eigenvalue weighted by Crippen LogP contribution is -2.32. The van der Waals surface area contributed by atoms with E-state index in [1.807, 2.05) is 0 Å². The lowest BCUT2D eigenvalue weighted by Gasteiger charge is -2.18. The zero-order valence-electron chi connectivity index (χ0n) is 13.5.